The number of aliphatic hydroxyl groups excluding tert-OH is 1. The second-order valence-electron chi connectivity index (χ2n) is 7.09. The lowest BCUT2D eigenvalue weighted by molar-refractivity contribution is -0.143. The van der Waals surface area contributed by atoms with Gasteiger partial charge in [0, 0.05) is 5.75 Å². The molecule has 0 aliphatic carbocycles. The number of rotatable bonds is 15. The highest BCUT2D eigenvalue weighted by Gasteiger charge is 2.31. The molecule has 0 aliphatic rings. The highest BCUT2D eigenvalue weighted by molar-refractivity contribution is 7.80. The monoisotopic (exact) mass is 449 g/mol. The standard InChI is InChI=1S/C18H35N5O6S/c1-3-10(2)14(23-15(25)11(20)6-4-5-7-19)17(27)22-13(9-30)16(26)21-12(8-24)18(28)29/h10-14,24,30H,3-9,19-20H2,1-2H3,(H,21,26)(H,22,27)(H,23,25)(H,28,29). The molecule has 12 heteroatoms. The summed E-state index contributed by atoms with van der Waals surface area (Å²) >= 11 is 4.02. The van der Waals surface area contributed by atoms with E-state index in [-0.39, 0.29) is 11.7 Å². The number of carbonyl (C=O) groups excluding carboxylic acids is 3. The molecular formula is C18H35N5O6S. The number of unbranched alkanes of at least 4 members (excludes halogenated alkanes) is 1. The molecule has 0 saturated heterocycles. The summed E-state index contributed by atoms with van der Waals surface area (Å²) in [5.74, 6) is -3.69. The van der Waals surface area contributed by atoms with Crippen molar-refractivity contribution in [2.75, 3.05) is 18.9 Å². The molecule has 0 heterocycles. The molecule has 0 saturated carbocycles. The first-order valence-corrected chi connectivity index (χ1v) is 10.6. The van der Waals surface area contributed by atoms with Crippen LogP contribution in [0, 0.1) is 5.92 Å². The normalized spacial score (nSPS) is 15.9. The van der Waals surface area contributed by atoms with Crippen LogP contribution in [0.15, 0.2) is 0 Å². The molecule has 9 N–H and O–H groups in total. The molecule has 0 radical (unpaired) electrons. The van der Waals surface area contributed by atoms with Gasteiger partial charge in [-0.1, -0.05) is 26.7 Å². The summed E-state index contributed by atoms with van der Waals surface area (Å²) in [7, 11) is 0. The lowest BCUT2D eigenvalue weighted by Gasteiger charge is -2.27. The zero-order valence-electron chi connectivity index (χ0n) is 17.5. The van der Waals surface area contributed by atoms with E-state index in [4.69, 9.17) is 21.7 Å². The number of nitrogens with one attached hydrogen (secondary N) is 3. The second-order valence-corrected chi connectivity index (χ2v) is 7.45. The molecule has 0 fully saturated rings. The van der Waals surface area contributed by atoms with Gasteiger partial charge in [-0.05, 0) is 25.3 Å². The first-order valence-electron chi connectivity index (χ1n) is 9.94. The van der Waals surface area contributed by atoms with Crippen LogP contribution in [0.25, 0.3) is 0 Å². The molecule has 30 heavy (non-hydrogen) atoms. The maximum absolute atomic E-state index is 12.8. The number of carboxylic acids is 1. The summed E-state index contributed by atoms with van der Waals surface area (Å²) < 4.78 is 0. The van der Waals surface area contributed by atoms with E-state index < -0.39 is 54.5 Å². The van der Waals surface area contributed by atoms with E-state index in [1.165, 1.54) is 0 Å². The van der Waals surface area contributed by atoms with Gasteiger partial charge >= 0.3 is 5.97 Å². The van der Waals surface area contributed by atoms with E-state index in [9.17, 15) is 19.2 Å². The fraction of sp³-hybridized carbons (Fsp3) is 0.778. The van der Waals surface area contributed by atoms with Crippen LogP contribution in [-0.2, 0) is 19.2 Å². The van der Waals surface area contributed by atoms with Gasteiger partial charge in [-0.15, -0.1) is 0 Å². The van der Waals surface area contributed by atoms with Crippen LogP contribution < -0.4 is 27.4 Å². The van der Waals surface area contributed by atoms with Crippen LogP contribution in [0.4, 0.5) is 0 Å². The number of carboxylic acid groups (broad SMARTS) is 1. The van der Waals surface area contributed by atoms with Gasteiger partial charge in [0.25, 0.3) is 0 Å². The van der Waals surface area contributed by atoms with Crippen LogP contribution in [0.2, 0.25) is 0 Å². The van der Waals surface area contributed by atoms with E-state index in [1.807, 2.05) is 6.92 Å². The third-order valence-electron chi connectivity index (χ3n) is 4.71. The van der Waals surface area contributed by atoms with Crippen LogP contribution in [0.1, 0.15) is 39.5 Å². The molecule has 5 atom stereocenters. The summed E-state index contributed by atoms with van der Waals surface area (Å²) in [6.45, 7) is 3.31. The topological polar surface area (TPSA) is 197 Å². The van der Waals surface area contributed by atoms with Crippen molar-refractivity contribution in [3.63, 3.8) is 0 Å². The number of carbonyl (C=O) groups is 4. The maximum Gasteiger partial charge on any atom is 0.328 e. The predicted octanol–water partition coefficient (Wildman–Crippen LogP) is -2.05. The molecule has 11 nitrogen and oxygen atoms in total. The summed E-state index contributed by atoms with van der Waals surface area (Å²) in [5.41, 5.74) is 11.3. The fourth-order valence-corrected chi connectivity index (χ4v) is 2.77. The molecule has 0 bridgehead atoms. The highest BCUT2D eigenvalue weighted by atomic mass is 32.1. The minimum atomic E-state index is -1.51. The van der Waals surface area contributed by atoms with Gasteiger partial charge in [0.05, 0.1) is 12.6 Å². The molecular weight excluding hydrogens is 414 g/mol. The zero-order valence-corrected chi connectivity index (χ0v) is 18.4. The predicted molar refractivity (Wildman–Crippen MR) is 115 cm³/mol. The minimum absolute atomic E-state index is 0.116. The Morgan fingerprint density at radius 3 is 2.07 bits per heavy atom. The molecule has 3 amide bonds. The lowest BCUT2D eigenvalue weighted by atomic mass is 9.97. The van der Waals surface area contributed by atoms with Crippen molar-refractivity contribution in [3.05, 3.63) is 0 Å². The Hall–Kier alpha value is -1.89. The van der Waals surface area contributed by atoms with Crippen LogP contribution >= 0.6 is 12.6 Å². The van der Waals surface area contributed by atoms with E-state index in [0.29, 0.717) is 25.8 Å². The molecule has 174 valence electrons. The largest absolute Gasteiger partial charge is 0.480 e. The summed E-state index contributed by atoms with van der Waals surface area (Å²) in [6.07, 6.45) is 2.42. The maximum atomic E-state index is 12.8. The number of hydrogen-bond donors (Lipinski definition) is 8. The quantitative estimate of drug-likeness (QED) is 0.103. The lowest BCUT2D eigenvalue weighted by Crippen LogP contribution is -2.59. The molecule has 5 unspecified atom stereocenters. The third kappa shape index (κ3) is 9.74. The molecule has 0 aromatic rings. The van der Waals surface area contributed by atoms with Gasteiger partial charge in [-0.3, -0.25) is 14.4 Å². The average molecular weight is 450 g/mol. The van der Waals surface area contributed by atoms with Crippen molar-refractivity contribution in [3.8, 4) is 0 Å². The van der Waals surface area contributed by atoms with E-state index in [2.05, 4.69) is 28.6 Å². The smallest absolute Gasteiger partial charge is 0.328 e. The van der Waals surface area contributed by atoms with Crippen molar-refractivity contribution in [2.24, 2.45) is 17.4 Å². The van der Waals surface area contributed by atoms with E-state index in [1.54, 1.807) is 6.92 Å². The van der Waals surface area contributed by atoms with Crippen molar-refractivity contribution in [2.45, 2.75) is 63.7 Å². The van der Waals surface area contributed by atoms with E-state index >= 15 is 0 Å². The average Bonchev–Trinajstić information content (AvgIpc) is 2.72. The number of thiol groups is 1. The zero-order chi connectivity index (χ0) is 23.3. The number of amides is 3. The summed E-state index contributed by atoms with van der Waals surface area (Å²) in [4.78, 5) is 48.4. The Kier molecular flexibility index (Phi) is 14.0. The number of aliphatic hydroxyl groups is 1. The number of hydrogen-bond acceptors (Lipinski definition) is 8. The van der Waals surface area contributed by atoms with E-state index in [0.717, 1.165) is 6.42 Å². The Bertz CT molecular complexity index is 579. The first kappa shape index (κ1) is 28.1. The molecule has 0 rings (SSSR count). The van der Waals surface area contributed by atoms with Crippen molar-refractivity contribution in [1.82, 2.24) is 16.0 Å². The minimum Gasteiger partial charge on any atom is -0.480 e. The molecule has 0 aromatic carbocycles. The molecule has 0 aromatic heterocycles. The van der Waals surface area contributed by atoms with Crippen LogP contribution in [0.3, 0.4) is 0 Å². The van der Waals surface area contributed by atoms with Crippen molar-refractivity contribution < 1.29 is 29.4 Å². The number of aliphatic carboxylic acids is 1. The Morgan fingerprint density at radius 1 is 1.00 bits per heavy atom. The van der Waals surface area contributed by atoms with Crippen LogP contribution in [-0.4, -0.2) is 77.0 Å². The summed E-state index contributed by atoms with van der Waals surface area (Å²) in [6, 6.07) is -4.39. The molecule has 0 spiro atoms. The fourth-order valence-electron chi connectivity index (χ4n) is 2.52. The second kappa shape index (κ2) is 15.0. The van der Waals surface area contributed by atoms with Gasteiger partial charge in [0.1, 0.15) is 18.1 Å². The van der Waals surface area contributed by atoms with Gasteiger partial charge in [-0.2, -0.15) is 12.6 Å². The van der Waals surface area contributed by atoms with Gasteiger partial charge in [0.15, 0.2) is 0 Å². The van der Waals surface area contributed by atoms with Gasteiger partial charge in [0.2, 0.25) is 17.7 Å². The Balaban J connectivity index is 5.13. The van der Waals surface area contributed by atoms with Crippen LogP contribution in [0.5, 0.6) is 0 Å². The Labute approximate surface area is 182 Å². The number of nitrogens with two attached hydrogens (primary N) is 2. The van der Waals surface area contributed by atoms with Gasteiger partial charge < -0.3 is 37.6 Å². The highest BCUT2D eigenvalue weighted by Crippen LogP contribution is 2.10. The third-order valence-corrected chi connectivity index (χ3v) is 5.08. The SMILES string of the molecule is CCC(C)C(NC(=O)C(N)CCCCN)C(=O)NC(CS)C(=O)NC(CO)C(=O)O. The Morgan fingerprint density at radius 2 is 1.60 bits per heavy atom. The van der Waals surface area contributed by atoms with Crippen molar-refractivity contribution in [1.29, 1.82) is 0 Å². The first-order chi connectivity index (χ1) is 14.1. The van der Waals surface area contributed by atoms with Gasteiger partial charge in [-0.25, -0.2) is 4.79 Å². The van der Waals surface area contributed by atoms with Crippen molar-refractivity contribution >= 4 is 36.3 Å². The molecule has 0 aliphatic heterocycles. The summed E-state index contributed by atoms with van der Waals surface area (Å²) in [5, 5.41) is 25.2.